The molecule has 3 nitrogen and oxygen atoms in total. The van der Waals surface area contributed by atoms with E-state index in [0.717, 1.165) is 19.5 Å². The van der Waals surface area contributed by atoms with Gasteiger partial charge in [-0.15, -0.1) is 0 Å². The first-order valence-corrected chi connectivity index (χ1v) is 7.28. The first kappa shape index (κ1) is 14.5. The maximum atomic E-state index is 6.11. The van der Waals surface area contributed by atoms with Crippen molar-refractivity contribution in [3.05, 3.63) is 30.1 Å². The Hall–Kier alpha value is -0.930. The second-order valence-corrected chi connectivity index (χ2v) is 6.80. The lowest BCUT2D eigenvalue weighted by molar-refractivity contribution is 0.120. The Morgan fingerprint density at radius 3 is 2.47 bits per heavy atom. The number of likely N-dealkylation sites (N-methyl/N-ethyl adjacent to an activating group) is 1. The van der Waals surface area contributed by atoms with Crippen LogP contribution in [0.3, 0.4) is 0 Å². The topological polar surface area (TPSA) is 42.2 Å². The molecular formula is C16H27N3. The van der Waals surface area contributed by atoms with Crippen LogP contribution in [0.1, 0.15) is 38.7 Å². The molecule has 0 spiro atoms. The van der Waals surface area contributed by atoms with Gasteiger partial charge in [0.15, 0.2) is 0 Å². The lowest BCUT2D eigenvalue weighted by Gasteiger charge is -2.39. The van der Waals surface area contributed by atoms with Gasteiger partial charge in [-0.05, 0) is 55.8 Å². The number of hydrogen-bond donors (Lipinski definition) is 1. The Bertz CT molecular complexity index is 402. The molecule has 0 amide bonds. The van der Waals surface area contributed by atoms with Crippen molar-refractivity contribution in [1.29, 1.82) is 0 Å². The lowest BCUT2D eigenvalue weighted by Crippen LogP contribution is -2.51. The van der Waals surface area contributed by atoms with E-state index >= 15 is 0 Å². The average Bonchev–Trinajstić information content (AvgIpc) is 2.74. The summed E-state index contributed by atoms with van der Waals surface area (Å²) in [5.41, 5.74) is 8.10. The minimum atomic E-state index is 0.205. The summed E-state index contributed by atoms with van der Waals surface area (Å²) in [6.07, 6.45) is 8.52. The summed E-state index contributed by atoms with van der Waals surface area (Å²) in [5.74, 6) is 0. The second kappa shape index (κ2) is 5.59. The van der Waals surface area contributed by atoms with E-state index in [1.807, 2.05) is 12.4 Å². The van der Waals surface area contributed by atoms with Crippen LogP contribution in [0.4, 0.5) is 0 Å². The zero-order chi connectivity index (χ0) is 13.9. The molecule has 1 fully saturated rings. The Morgan fingerprint density at radius 2 is 1.95 bits per heavy atom. The molecule has 106 valence electrons. The third-order valence-electron chi connectivity index (χ3n) is 4.75. The van der Waals surface area contributed by atoms with Crippen LogP contribution in [0.5, 0.6) is 0 Å². The fraction of sp³-hybridized carbons (Fsp3) is 0.688. The highest BCUT2D eigenvalue weighted by Gasteiger charge is 2.44. The van der Waals surface area contributed by atoms with Gasteiger partial charge in [0.2, 0.25) is 0 Å². The lowest BCUT2D eigenvalue weighted by atomic mass is 9.86. The molecule has 1 aromatic rings. The summed E-state index contributed by atoms with van der Waals surface area (Å²) in [4.78, 5) is 6.55. The monoisotopic (exact) mass is 261 g/mol. The van der Waals surface area contributed by atoms with Gasteiger partial charge in [-0.25, -0.2) is 0 Å². The first-order chi connectivity index (χ1) is 8.97. The van der Waals surface area contributed by atoms with Gasteiger partial charge in [-0.2, -0.15) is 0 Å². The van der Waals surface area contributed by atoms with Gasteiger partial charge in [0.1, 0.15) is 0 Å². The van der Waals surface area contributed by atoms with E-state index in [4.69, 9.17) is 5.73 Å². The standard InChI is InChI=1S/C16H27N3/c1-15(2)7-8-16(12-15,13-17)19(3)11-6-14-4-9-18-10-5-14/h4-5,9-10H,6-8,11-13,17H2,1-3H3. The molecule has 1 heterocycles. The molecule has 19 heavy (non-hydrogen) atoms. The molecule has 0 bridgehead atoms. The molecule has 3 heteroatoms. The Balaban J connectivity index is 1.96. The van der Waals surface area contributed by atoms with Gasteiger partial charge in [0.25, 0.3) is 0 Å². The van der Waals surface area contributed by atoms with Crippen molar-refractivity contribution in [3.8, 4) is 0 Å². The van der Waals surface area contributed by atoms with Crippen molar-refractivity contribution < 1.29 is 0 Å². The second-order valence-electron chi connectivity index (χ2n) is 6.80. The number of aromatic nitrogens is 1. The summed E-state index contributed by atoms with van der Waals surface area (Å²) in [7, 11) is 2.23. The number of pyridine rings is 1. The van der Waals surface area contributed by atoms with Gasteiger partial charge >= 0.3 is 0 Å². The van der Waals surface area contributed by atoms with Gasteiger partial charge in [-0.1, -0.05) is 13.8 Å². The molecule has 2 N–H and O–H groups in total. The molecule has 1 saturated carbocycles. The van der Waals surface area contributed by atoms with Gasteiger partial charge in [0, 0.05) is 31.0 Å². The van der Waals surface area contributed by atoms with Crippen molar-refractivity contribution in [2.45, 2.75) is 45.1 Å². The van der Waals surface area contributed by atoms with E-state index in [-0.39, 0.29) is 5.54 Å². The normalized spacial score (nSPS) is 25.9. The van der Waals surface area contributed by atoms with Gasteiger partial charge in [-0.3, -0.25) is 9.88 Å². The predicted octanol–water partition coefficient (Wildman–Crippen LogP) is 2.46. The molecular weight excluding hydrogens is 234 g/mol. The minimum absolute atomic E-state index is 0.205. The highest BCUT2D eigenvalue weighted by Crippen LogP contribution is 2.45. The molecule has 1 aromatic heterocycles. The molecule has 0 radical (unpaired) electrons. The van der Waals surface area contributed by atoms with E-state index in [9.17, 15) is 0 Å². The molecule has 0 saturated heterocycles. The van der Waals surface area contributed by atoms with Crippen LogP contribution in [-0.2, 0) is 6.42 Å². The Morgan fingerprint density at radius 1 is 1.26 bits per heavy atom. The highest BCUT2D eigenvalue weighted by atomic mass is 15.2. The molecule has 0 aliphatic heterocycles. The predicted molar refractivity (Wildman–Crippen MR) is 80.0 cm³/mol. The van der Waals surface area contributed by atoms with Crippen LogP contribution >= 0.6 is 0 Å². The molecule has 1 aliphatic carbocycles. The zero-order valence-corrected chi connectivity index (χ0v) is 12.5. The third kappa shape index (κ3) is 3.34. The van der Waals surface area contributed by atoms with Crippen LogP contribution in [0.15, 0.2) is 24.5 Å². The van der Waals surface area contributed by atoms with E-state index in [1.54, 1.807) is 0 Å². The van der Waals surface area contributed by atoms with E-state index in [1.165, 1.54) is 24.8 Å². The Kier molecular flexibility index (Phi) is 4.26. The average molecular weight is 261 g/mol. The Labute approximate surface area is 117 Å². The van der Waals surface area contributed by atoms with Gasteiger partial charge < -0.3 is 5.73 Å². The van der Waals surface area contributed by atoms with Crippen molar-refractivity contribution >= 4 is 0 Å². The maximum Gasteiger partial charge on any atom is 0.0334 e. The molecule has 1 aliphatic rings. The van der Waals surface area contributed by atoms with E-state index in [0.29, 0.717) is 5.41 Å². The first-order valence-electron chi connectivity index (χ1n) is 7.28. The van der Waals surface area contributed by atoms with E-state index in [2.05, 4.69) is 42.9 Å². The number of nitrogens with two attached hydrogens (primary N) is 1. The number of nitrogens with zero attached hydrogens (tertiary/aromatic N) is 2. The van der Waals surface area contributed by atoms with Crippen LogP contribution in [0, 0.1) is 5.41 Å². The molecule has 1 unspecified atom stereocenters. The summed E-state index contributed by atoms with van der Waals surface area (Å²) in [5, 5.41) is 0. The van der Waals surface area contributed by atoms with Crippen molar-refractivity contribution in [1.82, 2.24) is 9.88 Å². The fourth-order valence-corrected chi connectivity index (χ4v) is 3.38. The summed E-state index contributed by atoms with van der Waals surface area (Å²) in [6, 6.07) is 4.20. The van der Waals surface area contributed by atoms with Crippen LogP contribution in [0.2, 0.25) is 0 Å². The molecule has 1 atom stereocenters. The van der Waals surface area contributed by atoms with Crippen molar-refractivity contribution in [3.63, 3.8) is 0 Å². The summed E-state index contributed by atoms with van der Waals surface area (Å²) >= 11 is 0. The van der Waals surface area contributed by atoms with Crippen LogP contribution in [0.25, 0.3) is 0 Å². The summed E-state index contributed by atoms with van der Waals surface area (Å²) in [6.45, 7) is 6.56. The molecule has 0 aromatic carbocycles. The number of hydrogen-bond acceptors (Lipinski definition) is 3. The number of rotatable bonds is 5. The quantitative estimate of drug-likeness (QED) is 0.885. The largest absolute Gasteiger partial charge is 0.329 e. The van der Waals surface area contributed by atoms with Gasteiger partial charge in [0.05, 0.1) is 0 Å². The maximum absolute atomic E-state index is 6.11. The van der Waals surface area contributed by atoms with Crippen molar-refractivity contribution in [2.24, 2.45) is 11.1 Å². The summed E-state index contributed by atoms with van der Waals surface area (Å²) < 4.78 is 0. The van der Waals surface area contributed by atoms with E-state index < -0.39 is 0 Å². The highest BCUT2D eigenvalue weighted by molar-refractivity contribution is 5.10. The van der Waals surface area contributed by atoms with Crippen LogP contribution < -0.4 is 5.73 Å². The smallest absolute Gasteiger partial charge is 0.0334 e. The minimum Gasteiger partial charge on any atom is -0.329 e. The van der Waals surface area contributed by atoms with Crippen molar-refractivity contribution in [2.75, 3.05) is 20.1 Å². The third-order valence-corrected chi connectivity index (χ3v) is 4.75. The SMILES string of the molecule is CN(CCc1ccncc1)C1(CN)CCC(C)(C)C1. The zero-order valence-electron chi connectivity index (χ0n) is 12.5. The molecule has 2 rings (SSSR count). The fourth-order valence-electron chi connectivity index (χ4n) is 3.38. The van der Waals surface area contributed by atoms with Crippen LogP contribution in [-0.4, -0.2) is 35.6 Å².